The van der Waals surface area contributed by atoms with Gasteiger partial charge in [-0.25, -0.2) is 9.67 Å². The zero-order valence-corrected chi connectivity index (χ0v) is 15.6. The molecular formula is C19H28N6O. The number of nitrogens with zero attached hydrogens (tertiary/aromatic N) is 4. The molecule has 0 radical (unpaired) electrons. The van der Waals surface area contributed by atoms with E-state index in [9.17, 15) is 0 Å². The van der Waals surface area contributed by atoms with Gasteiger partial charge in [-0.3, -0.25) is 4.99 Å². The molecule has 7 heteroatoms. The first kappa shape index (κ1) is 18.4. The largest absolute Gasteiger partial charge is 0.375 e. The molecule has 1 unspecified atom stereocenters. The van der Waals surface area contributed by atoms with Crippen LogP contribution in [0.1, 0.15) is 43.0 Å². The van der Waals surface area contributed by atoms with Crippen LogP contribution in [0.15, 0.2) is 35.3 Å². The molecule has 1 aromatic heterocycles. The normalized spacial score (nSPS) is 17.0. The van der Waals surface area contributed by atoms with Crippen LogP contribution in [-0.4, -0.2) is 40.4 Å². The second kappa shape index (κ2) is 9.33. The third kappa shape index (κ3) is 5.05. The quantitative estimate of drug-likeness (QED) is 0.452. The van der Waals surface area contributed by atoms with Crippen LogP contribution in [0.25, 0.3) is 0 Å². The van der Waals surface area contributed by atoms with E-state index in [-0.39, 0.29) is 6.04 Å². The highest BCUT2D eigenvalue weighted by molar-refractivity contribution is 5.80. The maximum absolute atomic E-state index is 5.71. The Balaban J connectivity index is 1.51. The van der Waals surface area contributed by atoms with Crippen molar-refractivity contribution in [2.24, 2.45) is 4.99 Å². The zero-order chi connectivity index (χ0) is 18.2. The van der Waals surface area contributed by atoms with Crippen LogP contribution in [0.3, 0.4) is 0 Å². The van der Waals surface area contributed by atoms with Gasteiger partial charge in [-0.2, -0.15) is 5.10 Å². The van der Waals surface area contributed by atoms with Gasteiger partial charge in [-0.1, -0.05) is 30.3 Å². The summed E-state index contributed by atoms with van der Waals surface area (Å²) in [5, 5.41) is 11.3. The minimum Gasteiger partial charge on any atom is -0.375 e. The van der Waals surface area contributed by atoms with Crippen LogP contribution < -0.4 is 10.6 Å². The van der Waals surface area contributed by atoms with E-state index >= 15 is 0 Å². The molecule has 0 fully saturated rings. The predicted molar refractivity (Wildman–Crippen MR) is 102 cm³/mol. The number of benzene rings is 1. The van der Waals surface area contributed by atoms with Crippen LogP contribution in [-0.2, 0) is 17.9 Å². The fourth-order valence-corrected chi connectivity index (χ4v) is 3.08. The van der Waals surface area contributed by atoms with Crippen molar-refractivity contribution in [1.29, 1.82) is 0 Å². The van der Waals surface area contributed by atoms with E-state index in [2.05, 4.69) is 44.8 Å². The van der Waals surface area contributed by atoms with E-state index in [0.717, 1.165) is 43.5 Å². The molecule has 0 bridgehead atoms. The summed E-state index contributed by atoms with van der Waals surface area (Å²) in [4.78, 5) is 9.20. The number of aryl methyl sites for hydroxylation is 2. The number of rotatable bonds is 7. The Hall–Kier alpha value is -2.41. The van der Waals surface area contributed by atoms with Gasteiger partial charge in [-0.05, 0) is 32.3 Å². The summed E-state index contributed by atoms with van der Waals surface area (Å²) in [6.45, 7) is 7.57. The molecule has 1 aliphatic rings. The maximum Gasteiger partial charge on any atom is 0.191 e. The lowest BCUT2D eigenvalue weighted by Gasteiger charge is -2.25. The van der Waals surface area contributed by atoms with Crippen molar-refractivity contribution in [1.82, 2.24) is 25.4 Å². The summed E-state index contributed by atoms with van der Waals surface area (Å²) in [5.74, 6) is 2.62. The molecule has 2 aromatic rings. The molecule has 0 spiro atoms. The van der Waals surface area contributed by atoms with Crippen molar-refractivity contribution in [3.05, 3.63) is 47.5 Å². The minimum atomic E-state index is 0.146. The van der Waals surface area contributed by atoms with Gasteiger partial charge in [0.05, 0.1) is 25.8 Å². The standard InChI is InChI=1S/C19H28N6O/c1-3-20-19(21-11-13-26-14-16-8-5-4-6-9-16)23-17-10-7-12-25-18(17)22-15(2)24-25/h4-6,8-9,17H,3,7,10-14H2,1-2H3,(H2,20,21,23). The van der Waals surface area contributed by atoms with Crippen LogP contribution in [0.5, 0.6) is 0 Å². The SMILES string of the molecule is CCNC(=NCCOCc1ccccc1)NC1CCCn2nc(C)nc21. The molecule has 26 heavy (non-hydrogen) atoms. The van der Waals surface area contributed by atoms with Crippen molar-refractivity contribution < 1.29 is 4.74 Å². The van der Waals surface area contributed by atoms with Crippen molar-refractivity contribution >= 4 is 5.96 Å². The molecule has 2 heterocycles. The van der Waals surface area contributed by atoms with Crippen molar-refractivity contribution in [3.63, 3.8) is 0 Å². The number of fused-ring (bicyclic) bond motifs is 1. The van der Waals surface area contributed by atoms with E-state index in [1.54, 1.807) is 0 Å². The Labute approximate surface area is 154 Å². The van der Waals surface area contributed by atoms with E-state index in [0.29, 0.717) is 19.8 Å². The molecule has 140 valence electrons. The first-order valence-electron chi connectivity index (χ1n) is 9.34. The molecular weight excluding hydrogens is 328 g/mol. The number of ether oxygens (including phenoxy) is 1. The number of hydrogen-bond donors (Lipinski definition) is 2. The summed E-state index contributed by atoms with van der Waals surface area (Å²) < 4.78 is 7.71. The van der Waals surface area contributed by atoms with Crippen LogP contribution in [0.2, 0.25) is 0 Å². The summed E-state index contributed by atoms with van der Waals surface area (Å²) in [6, 6.07) is 10.3. The Kier molecular flexibility index (Phi) is 6.60. The maximum atomic E-state index is 5.71. The molecule has 3 rings (SSSR count). The predicted octanol–water partition coefficient (Wildman–Crippen LogP) is 2.19. The highest BCUT2D eigenvalue weighted by Gasteiger charge is 2.24. The third-order valence-electron chi connectivity index (χ3n) is 4.25. The molecule has 0 amide bonds. The lowest BCUT2D eigenvalue weighted by molar-refractivity contribution is 0.128. The highest BCUT2D eigenvalue weighted by Crippen LogP contribution is 2.22. The molecule has 2 N–H and O–H groups in total. The zero-order valence-electron chi connectivity index (χ0n) is 15.6. The van der Waals surface area contributed by atoms with Crippen LogP contribution in [0.4, 0.5) is 0 Å². The van der Waals surface area contributed by atoms with Crippen molar-refractivity contribution in [2.45, 2.75) is 45.9 Å². The second-order valence-electron chi connectivity index (χ2n) is 6.38. The fraction of sp³-hybridized carbons (Fsp3) is 0.526. The second-order valence-corrected chi connectivity index (χ2v) is 6.38. The van der Waals surface area contributed by atoms with Gasteiger partial charge in [0.2, 0.25) is 0 Å². The van der Waals surface area contributed by atoms with Crippen LogP contribution in [0, 0.1) is 6.92 Å². The average Bonchev–Trinajstić information content (AvgIpc) is 3.04. The van der Waals surface area contributed by atoms with Crippen LogP contribution >= 0.6 is 0 Å². The summed E-state index contributed by atoms with van der Waals surface area (Å²) in [6.07, 6.45) is 2.13. The molecule has 1 aromatic carbocycles. The third-order valence-corrected chi connectivity index (χ3v) is 4.25. The Morgan fingerprint density at radius 1 is 1.35 bits per heavy atom. The summed E-state index contributed by atoms with van der Waals surface area (Å²) in [5.41, 5.74) is 1.18. The molecule has 0 aliphatic carbocycles. The molecule has 1 aliphatic heterocycles. The summed E-state index contributed by atoms with van der Waals surface area (Å²) >= 11 is 0. The lowest BCUT2D eigenvalue weighted by Crippen LogP contribution is -2.41. The molecule has 7 nitrogen and oxygen atoms in total. The van der Waals surface area contributed by atoms with Gasteiger partial charge in [0, 0.05) is 13.1 Å². The van der Waals surface area contributed by atoms with E-state index in [4.69, 9.17) is 4.74 Å². The number of nitrogens with one attached hydrogen (secondary N) is 2. The first-order chi connectivity index (χ1) is 12.8. The Morgan fingerprint density at radius 2 is 2.19 bits per heavy atom. The van der Waals surface area contributed by atoms with Gasteiger partial charge >= 0.3 is 0 Å². The lowest BCUT2D eigenvalue weighted by atomic mass is 10.1. The molecule has 0 saturated carbocycles. The Bertz CT molecular complexity index is 712. The van der Waals surface area contributed by atoms with E-state index in [1.807, 2.05) is 29.8 Å². The van der Waals surface area contributed by atoms with E-state index < -0.39 is 0 Å². The fourth-order valence-electron chi connectivity index (χ4n) is 3.08. The van der Waals surface area contributed by atoms with Gasteiger partial charge in [0.1, 0.15) is 11.6 Å². The number of guanidine groups is 1. The summed E-state index contributed by atoms with van der Waals surface area (Å²) in [7, 11) is 0. The number of aliphatic imine (C=N–C) groups is 1. The van der Waals surface area contributed by atoms with E-state index in [1.165, 1.54) is 5.56 Å². The molecule has 0 saturated heterocycles. The topological polar surface area (TPSA) is 76.4 Å². The minimum absolute atomic E-state index is 0.146. The smallest absolute Gasteiger partial charge is 0.191 e. The van der Waals surface area contributed by atoms with Gasteiger partial charge in [0.15, 0.2) is 5.96 Å². The Morgan fingerprint density at radius 3 is 3.00 bits per heavy atom. The average molecular weight is 356 g/mol. The first-order valence-corrected chi connectivity index (χ1v) is 9.34. The van der Waals surface area contributed by atoms with Crippen molar-refractivity contribution in [3.8, 4) is 0 Å². The number of hydrogen-bond acceptors (Lipinski definition) is 4. The monoisotopic (exact) mass is 356 g/mol. The van der Waals surface area contributed by atoms with Gasteiger partial charge in [-0.15, -0.1) is 0 Å². The number of aromatic nitrogens is 3. The molecule has 1 atom stereocenters. The van der Waals surface area contributed by atoms with Gasteiger partial charge < -0.3 is 15.4 Å². The van der Waals surface area contributed by atoms with Crippen molar-refractivity contribution in [2.75, 3.05) is 19.7 Å². The highest BCUT2D eigenvalue weighted by atomic mass is 16.5. The van der Waals surface area contributed by atoms with Gasteiger partial charge in [0.25, 0.3) is 0 Å².